The van der Waals surface area contributed by atoms with E-state index in [0.717, 1.165) is 18.5 Å². The second kappa shape index (κ2) is 9.88. The van der Waals surface area contributed by atoms with E-state index >= 15 is 0 Å². The minimum absolute atomic E-state index is 0.123. The van der Waals surface area contributed by atoms with Crippen LogP contribution in [0.25, 0.3) is 6.08 Å². The van der Waals surface area contributed by atoms with E-state index in [0.29, 0.717) is 23.6 Å². The summed E-state index contributed by atoms with van der Waals surface area (Å²) < 4.78 is 7.57. The second-order valence-electron chi connectivity index (χ2n) is 7.40. The molecule has 0 bridgehead atoms. The Kier molecular flexibility index (Phi) is 6.94. The van der Waals surface area contributed by atoms with Gasteiger partial charge < -0.3 is 4.74 Å². The monoisotopic (exact) mass is 616 g/mol. The lowest BCUT2D eigenvalue weighted by atomic mass is 10.1. The van der Waals surface area contributed by atoms with Gasteiger partial charge in [0.05, 0.1) is 9.26 Å². The number of imide groups is 2. The van der Waals surface area contributed by atoms with Gasteiger partial charge in [0, 0.05) is 4.47 Å². The average Bonchev–Trinajstić information content (AvgIpc) is 2.77. The van der Waals surface area contributed by atoms with Gasteiger partial charge in [-0.1, -0.05) is 51.8 Å². The topological polar surface area (TPSA) is 75.7 Å². The van der Waals surface area contributed by atoms with E-state index in [1.165, 1.54) is 11.6 Å². The first-order chi connectivity index (χ1) is 15.8. The van der Waals surface area contributed by atoms with E-state index in [4.69, 9.17) is 4.74 Å². The molecule has 0 spiro atoms. The second-order valence-corrected chi connectivity index (χ2v) is 9.48. The van der Waals surface area contributed by atoms with Gasteiger partial charge in [0.15, 0.2) is 0 Å². The highest BCUT2D eigenvalue weighted by atomic mass is 127. The molecule has 1 saturated heterocycles. The van der Waals surface area contributed by atoms with Crippen LogP contribution in [0.2, 0.25) is 0 Å². The summed E-state index contributed by atoms with van der Waals surface area (Å²) in [5, 5.41) is 2.23. The number of ether oxygens (including phenoxy) is 1. The third-order valence-corrected chi connectivity index (χ3v) is 6.30. The van der Waals surface area contributed by atoms with E-state index in [-0.39, 0.29) is 5.57 Å². The lowest BCUT2D eigenvalue weighted by Crippen LogP contribution is -2.54. The molecule has 8 heteroatoms. The molecule has 0 aliphatic carbocycles. The molecule has 3 aromatic carbocycles. The number of nitrogens with zero attached hydrogens (tertiary/aromatic N) is 1. The average molecular weight is 617 g/mol. The van der Waals surface area contributed by atoms with Crippen molar-refractivity contribution >= 4 is 68.1 Å². The van der Waals surface area contributed by atoms with Crippen LogP contribution in [0.3, 0.4) is 0 Å². The highest BCUT2D eigenvalue weighted by molar-refractivity contribution is 14.1. The zero-order valence-electron chi connectivity index (χ0n) is 17.5. The number of benzene rings is 3. The maximum absolute atomic E-state index is 13.0. The summed E-state index contributed by atoms with van der Waals surface area (Å²) in [7, 11) is 0. The van der Waals surface area contributed by atoms with E-state index in [2.05, 4.69) is 49.9 Å². The van der Waals surface area contributed by atoms with Crippen LogP contribution < -0.4 is 15.0 Å². The van der Waals surface area contributed by atoms with Crippen molar-refractivity contribution in [3.05, 3.63) is 97.0 Å². The molecule has 166 valence electrons. The van der Waals surface area contributed by atoms with E-state index in [1.54, 1.807) is 36.4 Å². The number of carbonyl (C=O) groups is 3. The van der Waals surface area contributed by atoms with Crippen molar-refractivity contribution in [3.8, 4) is 5.75 Å². The van der Waals surface area contributed by atoms with Gasteiger partial charge in [-0.2, -0.15) is 0 Å². The van der Waals surface area contributed by atoms with Crippen molar-refractivity contribution in [3.63, 3.8) is 0 Å². The fourth-order valence-corrected chi connectivity index (χ4v) is 4.30. The number of carbonyl (C=O) groups excluding carboxylic acids is 3. The van der Waals surface area contributed by atoms with Crippen molar-refractivity contribution in [2.75, 3.05) is 4.90 Å². The van der Waals surface area contributed by atoms with Crippen LogP contribution in [0.4, 0.5) is 10.5 Å². The number of amides is 4. The Morgan fingerprint density at radius 2 is 1.79 bits per heavy atom. The number of barbiturate groups is 1. The van der Waals surface area contributed by atoms with Gasteiger partial charge in [-0.05, 0) is 83.1 Å². The third kappa shape index (κ3) is 5.33. The Labute approximate surface area is 212 Å². The van der Waals surface area contributed by atoms with Crippen molar-refractivity contribution in [2.45, 2.75) is 13.5 Å². The fourth-order valence-electron chi connectivity index (χ4n) is 3.34. The van der Waals surface area contributed by atoms with Crippen molar-refractivity contribution in [1.82, 2.24) is 5.32 Å². The molecule has 33 heavy (non-hydrogen) atoms. The van der Waals surface area contributed by atoms with E-state index < -0.39 is 17.8 Å². The number of aryl methyl sites for hydroxylation is 1. The minimum atomic E-state index is -0.779. The van der Waals surface area contributed by atoms with Gasteiger partial charge >= 0.3 is 6.03 Å². The number of halogens is 2. The molecule has 4 rings (SSSR count). The van der Waals surface area contributed by atoms with Crippen LogP contribution in [0, 0.1) is 10.5 Å². The molecule has 6 nitrogen and oxygen atoms in total. The molecular weight excluding hydrogens is 599 g/mol. The Bertz CT molecular complexity index is 1290. The normalized spacial score (nSPS) is 15.1. The fraction of sp³-hybridized carbons (Fsp3) is 0.0800. The number of rotatable bonds is 5. The Morgan fingerprint density at radius 1 is 1.03 bits per heavy atom. The molecule has 1 aliphatic rings. The smallest absolute Gasteiger partial charge is 0.335 e. The molecule has 0 saturated carbocycles. The maximum Gasteiger partial charge on any atom is 0.335 e. The van der Waals surface area contributed by atoms with Gasteiger partial charge in [-0.3, -0.25) is 14.9 Å². The van der Waals surface area contributed by atoms with Crippen LogP contribution in [0.15, 0.2) is 76.8 Å². The maximum atomic E-state index is 13.0. The quantitative estimate of drug-likeness (QED) is 0.230. The van der Waals surface area contributed by atoms with Crippen LogP contribution in [0.1, 0.15) is 16.7 Å². The largest absolute Gasteiger partial charge is 0.488 e. The van der Waals surface area contributed by atoms with Crippen molar-refractivity contribution in [2.24, 2.45) is 0 Å². The van der Waals surface area contributed by atoms with E-state index in [1.807, 2.05) is 31.2 Å². The van der Waals surface area contributed by atoms with Gasteiger partial charge in [0.1, 0.15) is 17.9 Å². The molecule has 1 heterocycles. The number of anilines is 1. The number of nitrogens with one attached hydrogen (secondary N) is 1. The highest BCUT2D eigenvalue weighted by Crippen LogP contribution is 2.27. The van der Waals surface area contributed by atoms with Crippen LogP contribution >= 0.6 is 38.5 Å². The Balaban J connectivity index is 1.56. The molecule has 0 unspecified atom stereocenters. The van der Waals surface area contributed by atoms with Crippen molar-refractivity contribution < 1.29 is 19.1 Å². The number of hydrogen-bond donors (Lipinski definition) is 1. The summed E-state index contributed by atoms with van der Waals surface area (Å²) >= 11 is 5.48. The van der Waals surface area contributed by atoms with Crippen LogP contribution in [0.5, 0.6) is 5.75 Å². The van der Waals surface area contributed by atoms with Crippen molar-refractivity contribution in [1.29, 1.82) is 0 Å². The summed E-state index contributed by atoms with van der Waals surface area (Å²) in [5.74, 6) is -0.709. The first-order valence-corrected chi connectivity index (χ1v) is 11.8. The number of urea groups is 1. The van der Waals surface area contributed by atoms with Gasteiger partial charge in [-0.15, -0.1) is 0 Å². The lowest BCUT2D eigenvalue weighted by molar-refractivity contribution is -0.122. The predicted octanol–water partition coefficient (Wildman–Crippen LogP) is 5.61. The Morgan fingerprint density at radius 3 is 2.48 bits per heavy atom. The first kappa shape index (κ1) is 23.2. The third-order valence-electron chi connectivity index (χ3n) is 4.93. The van der Waals surface area contributed by atoms with Crippen LogP contribution in [-0.2, 0) is 16.2 Å². The zero-order chi connectivity index (χ0) is 23.5. The van der Waals surface area contributed by atoms with Gasteiger partial charge in [0.2, 0.25) is 0 Å². The SMILES string of the molecule is Cc1cccc(COc2ccc(/C=C3\C(=O)NC(=O)N(c4ccc(Br)cc4)C3=O)cc2I)c1. The summed E-state index contributed by atoms with van der Waals surface area (Å²) in [5.41, 5.74) is 3.12. The summed E-state index contributed by atoms with van der Waals surface area (Å²) in [6, 6.07) is 19.4. The molecule has 3 aromatic rings. The molecule has 1 fully saturated rings. The molecular formula is C25H18BrIN2O4. The minimum Gasteiger partial charge on any atom is -0.488 e. The van der Waals surface area contributed by atoms with Gasteiger partial charge in [-0.25, -0.2) is 9.69 Å². The zero-order valence-corrected chi connectivity index (χ0v) is 21.2. The lowest BCUT2D eigenvalue weighted by Gasteiger charge is -2.26. The summed E-state index contributed by atoms with van der Waals surface area (Å²) in [6.45, 7) is 2.47. The first-order valence-electron chi connectivity index (χ1n) is 9.97. The molecule has 4 amide bonds. The number of hydrogen-bond acceptors (Lipinski definition) is 4. The molecule has 0 radical (unpaired) electrons. The highest BCUT2D eigenvalue weighted by Gasteiger charge is 2.36. The summed E-state index contributed by atoms with van der Waals surface area (Å²) in [4.78, 5) is 38.7. The summed E-state index contributed by atoms with van der Waals surface area (Å²) in [6.07, 6.45) is 1.47. The van der Waals surface area contributed by atoms with Gasteiger partial charge in [0.25, 0.3) is 11.8 Å². The molecule has 1 N–H and O–H groups in total. The van der Waals surface area contributed by atoms with Crippen LogP contribution in [-0.4, -0.2) is 17.8 Å². The molecule has 1 aliphatic heterocycles. The molecule has 0 atom stereocenters. The predicted molar refractivity (Wildman–Crippen MR) is 138 cm³/mol. The van der Waals surface area contributed by atoms with E-state index in [9.17, 15) is 14.4 Å². The molecule has 0 aromatic heterocycles. The standard InChI is InChI=1S/C25H18BrIN2O4/c1-15-3-2-4-17(11-15)14-33-22-10-5-16(13-21(22)27)12-20-23(30)28-25(32)29(24(20)31)19-8-6-18(26)7-9-19/h2-13H,14H2,1H3,(H,28,30,32)/b20-12+. The Hall–Kier alpha value is -2.98.